The Bertz CT molecular complexity index is 266. The highest BCUT2D eigenvalue weighted by atomic mass is 16.3. The van der Waals surface area contributed by atoms with Crippen LogP contribution in [0.15, 0.2) is 23.6 Å². The predicted octanol–water partition coefficient (Wildman–Crippen LogP) is 3.69. The van der Waals surface area contributed by atoms with Gasteiger partial charge in [0.2, 0.25) is 0 Å². The van der Waals surface area contributed by atoms with Gasteiger partial charge in [-0.1, -0.05) is 33.1 Å². The molecule has 1 aromatic heterocycles. The molecule has 64 valence electrons. The van der Waals surface area contributed by atoms with Crippen molar-refractivity contribution >= 4 is 12.2 Å². The maximum Gasteiger partial charge on any atom is 0.133 e. The highest BCUT2D eigenvalue weighted by Gasteiger charge is 2.08. The van der Waals surface area contributed by atoms with E-state index < -0.39 is 0 Å². The third-order valence-electron chi connectivity index (χ3n) is 1.78. The minimum atomic E-state index is 0.414. The molecular weight excluding hydrogens is 148 g/mol. The molecular formula is C11H14O. The van der Waals surface area contributed by atoms with E-state index in [2.05, 4.69) is 27.0 Å². The Morgan fingerprint density at radius 2 is 2.00 bits per heavy atom. The fraction of sp³-hybridized carbons (Fsp3) is 0.273. The number of hydrogen-bond donors (Lipinski definition) is 0. The zero-order valence-electron chi connectivity index (χ0n) is 7.63. The summed E-state index contributed by atoms with van der Waals surface area (Å²) in [4.78, 5) is 0. The van der Waals surface area contributed by atoms with E-state index in [1.807, 2.05) is 6.07 Å². The van der Waals surface area contributed by atoms with E-state index in [0.717, 1.165) is 17.1 Å². The van der Waals surface area contributed by atoms with Crippen molar-refractivity contribution in [2.24, 2.45) is 0 Å². The van der Waals surface area contributed by atoms with E-state index in [1.54, 1.807) is 12.2 Å². The van der Waals surface area contributed by atoms with Gasteiger partial charge in [0.15, 0.2) is 0 Å². The highest BCUT2D eigenvalue weighted by Crippen LogP contribution is 2.23. The standard InChI is InChI=1S/C11H14O/c1-5-9-7-11(8(3)4)12-10(9)6-2/h5-8H,1-2H2,3-4H3. The Kier molecular flexibility index (Phi) is 2.54. The van der Waals surface area contributed by atoms with Crippen molar-refractivity contribution in [1.82, 2.24) is 0 Å². The maximum absolute atomic E-state index is 5.53. The Morgan fingerprint density at radius 3 is 2.33 bits per heavy atom. The molecule has 0 fully saturated rings. The van der Waals surface area contributed by atoms with Gasteiger partial charge in [-0.05, 0) is 12.1 Å². The minimum absolute atomic E-state index is 0.414. The first-order valence-corrected chi connectivity index (χ1v) is 4.07. The molecule has 1 heterocycles. The molecule has 0 unspecified atom stereocenters. The van der Waals surface area contributed by atoms with Crippen LogP contribution in [0.4, 0.5) is 0 Å². The Balaban J connectivity index is 3.13. The maximum atomic E-state index is 5.53. The van der Waals surface area contributed by atoms with Crippen LogP contribution in [0.25, 0.3) is 12.2 Å². The molecule has 0 aliphatic rings. The first-order valence-electron chi connectivity index (χ1n) is 4.07. The quantitative estimate of drug-likeness (QED) is 0.660. The molecule has 0 aromatic carbocycles. The summed E-state index contributed by atoms with van der Waals surface area (Å²) in [5, 5.41) is 0. The first kappa shape index (κ1) is 8.85. The molecule has 12 heavy (non-hydrogen) atoms. The Hall–Kier alpha value is -1.24. The minimum Gasteiger partial charge on any atom is -0.461 e. The zero-order valence-corrected chi connectivity index (χ0v) is 7.63. The van der Waals surface area contributed by atoms with Gasteiger partial charge in [-0.2, -0.15) is 0 Å². The molecule has 0 N–H and O–H groups in total. The lowest BCUT2D eigenvalue weighted by Crippen LogP contribution is -1.80. The average molecular weight is 162 g/mol. The summed E-state index contributed by atoms with van der Waals surface area (Å²) in [7, 11) is 0. The summed E-state index contributed by atoms with van der Waals surface area (Å²) in [6, 6.07) is 2.01. The molecule has 1 aromatic rings. The van der Waals surface area contributed by atoms with Gasteiger partial charge in [0.25, 0.3) is 0 Å². The second-order valence-corrected chi connectivity index (χ2v) is 3.03. The van der Waals surface area contributed by atoms with Gasteiger partial charge in [-0.3, -0.25) is 0 Å². The van der Waals surface area contributed by atoms with Crippen LogP contribution in [0.2, 0.25) is 0 Å². The van der Waals surface area contributed by atoms with E-state index in [9.17, 15) is 0 Å². The topological polar surface area (TPSA) is 13.1 Å². The fourth-order valence-corrected chi connectivity index (χ4v) is 1.04. The van der Waals surface area contributed by atoms with Crippen LogP contribution in [0.5, 0.6) is 0 Å². The van der Waals surface area contributed by atoms with Gasteiger partial charge >= 0.3 is 0 Å². The van der Waals surface area contributed by atoms with Crippen molar-refractivity contribution in [2.45, 2.75) is 19.8 Å². The summed E-state index contributed by atoms with van der Waals surface area (Å²) in [5.41, 5.74) is 1.02. The third-order valence-corrected chi connectivity index (χ3v) is 1.78. The molecule has 0 saturated carbocycles. The largest absolute Gasteiger partial charge is 0.461 e. The summed E-state index contributed by atoms with van der Waals surface area (Å²) < 4.78 is 5.53. The molecule has 0 spiro atoms. The van der Waals surface area contributed by atoms with Gasteiger partial charge in [-0.25, -0.2) is 0 Å². The molecule has 0 bridgehead atoms. The average Bonchev–Trinajstić information content (AvgIpc) is 2.46. The van der Waals surface area contributed by atoms with Gasteiger partial charge in [-0.15, -0.1) is 0 Å². The summed E-state index contributed by atoms with van der Waals surface area (Å²) in [6.07, 6.45) is 3.50. The SMILES string of the molecule is C=Cc1cc(C(C)C)oc1C=C. The van der Waals surface area contributed by atoms with E-state index in [4.69, 9.17) is 4.42 Å². The monoisotopic (exact) mass is 162 g/mol. The van der Waals surface area contributed by atoms with Gasteiger partial charge in [0.1, 0.15) is 11.5 Å². The fourth-order valence-electron chi connectivity index (χ4n) is 1.04. The lowest BCUT2D eigenvalue weighted by atomic mass is 10.1. The second-order valence-electron chi connectivity index (χ2n) is 3.03. The van der Waals surface area contributed by atoms with E-state index in [1.165, 1.54) is 0 Å². The molecule has 1 heteroatoms. The van der Waals surface area contributed by atoms with Gasteiger partial charge < -0.3 is 4.42 Å². The molecule has 0 radical (unpaired) electrons. The van der Waals surface area contributed by atoms with Crippen LogP contribution in [0.1, 0.15) is 36.8 Å². The molecule has 0 aliphatic heterocycles. The van der Waals surface area contributed by atoms with Crippen LogP contribution in [0, 0.1) is 0 Å². The van der Waals surface area contributed by atoms with Gasteiger partial charge in [0, 0.05) is 11.5 Å². The number of rotatable bonds is 3. The second kappa shape index (κ2) is 3.44. The van der Waals surface area contributed by atoms with Crippen molar-refractivity contribution < 1.29 is 4.42 Å². The van der Waals surface area contributed by atoms with Crippen molar-refractivity contribution in [3.8, 4) is 0 Å². The van der Waals surface area contributed by atoms with E-state index in [0.29, 0.717) is 5.92 Å². The molecule has 1 rings (SSSR count). The Morgan fingerprint density at radius 1 is 1.33 bits per heavy atom. The van der Waals surface area contributed by atoms with Crippen LogP contribution in [-0.2, 0) is 0 Å². The first-order chi connectivity index (χ1) is 5.69. The van der Waals surface area contributed by atoms with Crippen LogP contribution < -0.4 is 0 Å². The van der Waals surface area contributed by atoms with Gasteiger partial charge in [0.05, 0.1) is 0 Å². The molecule has 0 amide bonds. The third kappa shape index (κ3) is 1.50. The summed E-state index contributed by atoms with van der Waals surface area (Å²) in [6.45, 7) is 11.6. The predicted molar refractivity (Wildman–Crippen MR) is 53.0 cm³/mol. The molecule has 1 nitrogen and oxygen atoms in total. The van der Waals surface area contributed by atoms with E-state index in [-0.39, 0.29) is 0 Å². The molecule has 0 atom stereocenters. The zero-order chi connectivity index (χ0) is 9.14. The Labute approximate surface area is 73.4 Å². The van der Waals surface area contributed by atoms with Crippen LogP contribution in [0.3, 0.4) is 0 Å². The lowest BCUT2D eigenvalue weighted by molar-refractivity contribution is 0.479. The summed E-state index contributed by atoms with van der Waals surface area (Å²) >= 11 is 0. The highest BCUT2D eigenvalue weighted by molar-refractivity contribution is 5.60. The smallest absolute Gasteiger partial charge is 0.133 e. The van der Waals surface area contributed by atoms with Crippen molar-refractivity contribution in [1.29, 1.82) is 0 Å². The molecule has 0 saturated heterocycles. The van der Waals surface area contributed by atoms with Crippen LogP contribution in [-0.4, -0.2) is 0 Å². The van der Waals surface area contributed by atoms with Crippen molar-refractivity contribution in [3.05, 3.63) is 36.3 Å². The summed E-state index contributed by atoms with van der Waals surface area (Å²) in [5.74, 6) is 2.21. The lowest BCUT2D eigenvalue weighted by Gasteiger charge is -1.96. The number of hydrogen-bond acceptors (Lipinski definition) is 1. The van der Waals surface area contributed by atoms with Crippen LogP contribution >= 0.6 is 0 Å². The van der Waals surface area contributed by atoms with Crippen molar-refractivity contribution in [2.75, 3.05) is 0 Å². The molecule has 0 aliphatic carbocycles. The van der Waals surface area contributed by atoms with E-state index >= 15 is 0 Å². The normalized spacial score (nSPS) is 10.2. The van der Waals surface area contributed by atoms with Crippen molar-refractivity contribution in [3.63, 3.8) is 0 Å². The number of furan rings is 1.